The van der Waals surface area contributed by atoms with Crippen LogP contribution in [0.1, 0.15) is 28.8 Å². The van der Waals surface area contributed by atoms with E-state index in [-0.39, 0.29) is 11.3 Å². The zero-order chi connectivity index (χ0) is 14.8. The molecule has 1 aliphatic rings. The number of anilines is 1. The first-order valence-electron chi connectivity index (χ1n) is 6.70. The normalized spacial score (nSPS) is 13.9. The predicted molar refractivity (Wildman–Crippen MR) is 82.0 cm³/mol. The topological polar surface area (TPSA) is 63.5 Å². The molecule has 0 atom stereocenters. The molecule has 1 aliphatic carbocycles. The Balaban J connectivity index is 1.92. The molecule has 0 unspecified atom stereocenters. The van der Waals surface area contributed by atoms with E-state index in [1.54, 1.807) is 23.5 Å². The minimum absolute atomic E-state index is 0.133. The molecule has 0 radical (unpaired) electrons. The number of carbonyl (C=O) groups is 1. The largest absolute Gasteiger partial charge is 0.364 e. The fourth-order valence-corrected chi connectivity index (χ4v) is 3.04. The van der Waals surface area contributed by atoms with Crippen LogP contribution in [0.15, 0.2) is 35.0 Å². The number of nitro groups is 1. The molecule has 0 N–H and O–H groups in total. The molecule has 5 nitrogen and oxygen atoms in total. The van der Waals surface area contributed by atoms with E-state index < -0.39 is 4.92 Å². The second kappa shape index (κ2) is 5.65. The SMILES string of the molecule is O=Cc1cc(N(Cc2ccsc2)C2CC2)ccc1[N+](=O)[O-]. The van der Waals surface area contributed by atoms with Gasteiger partial charge in [-0.25, -0.2) is 0 Å². The summed E-state index contributed by atoms with van der Waals surface area (Å²) in [7, 11) is 0. The maximum Gasteiger partial charge on any atom is 0.280 e. The van der Waals surface area contributed by atoms with Gasteiger partial charge >= 0.3 is 0 Å². The van der Waals surface area contributed by atoms with Crippen LogP contribution in [0.25, 0.3) is 0 Å². The lowest BCUT2D eigenvalue weighted by Crippen LogP contribution is -2.24. The summed E-state index contributed by atoms with van der Waals surface area (Å²) in [6, 6.07) is 7.31. The van der Waals surface area contributed by atoms with Crippen LogP contribution in [0.2, 0.25) is 0 Å². The fraction of sp³-hybridized carbons (Fsp3) is 0.267. The minimum atomic E-state index is -0.520. The first-order chi connectivity index (χ1) is 10.2. The molecule has 0 amide bonds. The van der Waals surface area contributed by atoms with Crippen molar-refractivity contribution in [3.05, 3.63) is 56.3 Å². The Morgan fingerprint density at radius 1 is 1.38 bits per heavy atom. The molecule has 1 heterocycles. The molecule has 0 spiro atoms. The van der Waals surface area contributed by atoms with Crippen LogP contribution < -0.4 is 4.90 Å². The maximum atomic E-state index is 11.1. The second-order valence-electron chi connectivity index (χ2n) is 5.11. The lowest BCUT2D eigenvalue weighted by Gasteiger charge is -2.24. The van der Waals surface area contributed by atoms with Crippen LogP contribution in [-0.2, 0) is 6.54 Å². The Bertz CT molecular complexity index is 666. The molecule has 1 saturated carbocycles. The van der Waals surface area contributed by atoms with E-state index >= 15 is 0 Å². The number of aldehydes is 1. The van der Waals surface area contributed by atoms with Gasteiger partial charge in [-0.2, -0.15) is 11.3 Å². The molecule has 2 aromatic rings. The van der Waals surface area contributed by atoms with Gasteiger partial charge < -0.3 is 4.90 Å². The molecule has 108 valence electrons. The van der Waals surface area contributed by atoms with Crippen LogP contribution >= 0.6 is 11.3 Å². The first-order valence-corrected chi connectivity index (χ1v) is 7.64. The third-order valence-corrected chi connectivity index (χ3v) is 4.32. The molecular weight excluding hydrogens is 288 g/mol. The summed E-state index contributed by atoms with van der Waals surface area (Å²) in [6.45, 7) is 0.768. The molecular formula is C15H14N2O3S. The number of rotatable bonds is 6. The standard InChI is InChI=1S/C15H14N2O3S/c18-9-12-7-14(3-4-15(12)17(19)20)16(13-1-2-13)8-11-5-6-21-10-11/h3-7,9-10,13H,1-2,8H2. The van der Waals surface area contributed by atoms with Gasteiger partial charge in [-0.3, -0.25) is 14.9 Å². The van der Waals surface area contributed by atoms with Gasteiger partial charge in [0.05, 0.1) is 10.5 Å². The van der Waals surface area contributed by atoms with Crippen LogP contribution in [0.5, 0.6) is 0 Å². The number of hydrogen-bond donors (Lipinski definition) is 0. The van der Waals surface area contributed by atoms with Gasteiger partial charge in [0.25, 0.3) is 5.69 Å². The van der Waals surface area contributed by atoms with Crippen LogP contribution in [-0.4, -0.2) is 17.3 Å². The van der Waals surface area contributed by atoms with Crippen molar-refractivity contribution < 1.29 is 9.72 Å². The lowest BCUT2D eigenvalue weighted by atomic mass is 10.1. The van der Waals surface area contributed by atoms with Gasteiger partial charge in [-0.15, -0.1) is 0 Å². The van der Waals surface area contributed by atoms with E-state index in [9.17, 15) is 14.9 Å². The average molecular weight is 302 g/mol. The fourth-order valence-electron chi connectivity index (χ4n) is 2.38. The van der Waals surface area contributed by atoms with Crippen molar-refractivity contribution in [3.8, 4) is 0 Å². The molecule has 0 bridgehead atoms. The number of nitrogens with zero attached hydrogens (tertiary/aromatic N) is 2. The Morgan fingerprint density at radius 2 is 2.19 bits per heavy atom. The highest BCUT2D eigenvalue weighted by atomic mass is 32.1. The number of hydrogen-bond acceptors (Lipinski definition) is 5. The maximum absolute atomic E-state index is 11.1. The number of carbonyl (C=O) groups excluding carboxylic acids is 1. The lowest BCUT2D eigenvalue weighted by molar-refractivity contribution is -0.385. The summed E-state index contributed by atoms with van der Waals surface area (Å²) in [6.07, 6.45) is 2.80. The van der Waals surface area contributed by atoms with Gasteiger partial charge in [-0.1, -0.05) is 0 Å². The van der Waals surface area contributed by atoms with Gasteiger partial charge in [0.2, 0.25) is 0 Å². The van der Waals surface area contributed by atoms with Crippen molar-refractivity contribution in [1.29, 1.82) is 0 Å². The minimum Gasteiger partial charge on any atom is -0.364 e. The average Bonchev–Trinajstić information content (AvgIpc) is 3.20. The number of nitro benzene ring substituents is 1. The van der Waals surface area contributed by atoms with E-state index in [0.29, 0.717) is 12.3 Å². The smallest absolute Gasteiger partial charge is 0.280 e. The van der Waals surface area contributed by atoms with E-state index in [4.69, 9.17) is 0 Å². The summed E-state index contributed by atoms with van der Waals surface area (Å²) >= 11 is 1.65. The highest BCUT2D eigenvalue weighted by Crippen LogP contribution is 2.35. The van der Waals surface area contributed by atoms with Crippen molar-refractivity contribution in [3.63, 3.8) is 0 Å². The molecule has 6 heteroatoms. The molecule has 0 saturated heterocycles. The molecule has 3 rings (SSSR count). The summed E-state index contributed by atoms with van der Waals surface area (Å²) in [4.78, 5) is 23.7. The zero-order valence-electron chi connectivity index (χ0n) is 11.3. The third kappa shape index (κ3) is 2.95. The van der Waals surface area contributed by atoms with Gasteiger partial charge in [0, 0.05) is 24.3 Å². The monoisotopic (exact) mass is 302 g/mol. The highest BCUT2D eigenvalue weighted by molar-refractivity contribution is 7.07. The van der Waals surface area contributed by atoms with Crippen LogP contribution in [0.4, 0.5) is 11.4 Å². The van der Waals surface area contributed by atoms with Crippen LogP contribution in [0, 0.1) is 10.1 Å². The molecule has 1 fully saturated rings. The van der Waals surface area contributed by atoms with Crippen LogP contribution in [0.3, 0.4) is 0 Å². The van der Waals surface area contributed by atoms with Crippen molar-refractivity contribution in [2.75, 3.05) is 4.90 Å². The molecule has 1 aromatic heterocycles. The van der Waals surface area contributed by atoms with E-state index in [2.05, 4.69) is 16.3 Å². The summed E-state index contributed by atoms with van der Waals surface area (Å²) in [5.41, 5.74) is 2.09. The van der Waals surface area contributed by atoms with Crippen molar-refractivity contribution >= 4 is 29.0 Å². The summed E-state index contributed by atoms with van der Waals surface area (Å²) in [5, 5.41) is 15.0. The van der Waals surface area contributed by atoms with Gasteiger partial charge in [0.15, 0.2) is 6.29 Å². The second-order valence-corrected chi connectivity index (χ2v) is 5.89. The summed E-state index contributed by atoms with van der Waals surface area (Å²) in [5.74, 6) is 0. The van der Waals surface area contributed by atoms with Crippen molar-refractivity contribution in [2.24, 2.45) is 0 Å². The Hall–Kier alpha value is -2.21. The van der Waals surface area contributed by atoms with E-state index in [1.807, 2.05) is 5.38 Å². The first kappa shape index (κ1) is 13.8. The van der Waals surface area contributed by atoms with Gasteiger partial charge in [-0.05, 0) is 47.4 Å². The molecule has 21 heavy (non-hydrogen) atoms. The highest BCUT2D eigenvalue weighted by Gasteiger charge is 2.30. The third-order valence-electron chi connectivity index (χ3n) is 3.59. The quantitative estimate of drug-likeness (QED) is 0.464. The Kier molecular flexibility index (Phi) is 3.70. The Labute approximate surface area is 126 Å². The zero-order valence-corrected chi connectivity index (χ0v) is 12.1. The molecule has 1 aromatic carbocycles. The number of thiophene rings is 1. The van der Waals surface area contributed by atoms with E-state index in [1.165, 1.54) is 11.6 Å². The van der Waals surface area contributed by atoms with E-state index in [0.717, 1.165) is 25.1 Å². The number of benzene rings is 1. The predicted octanol–water partition coefficient (Wildman–Crippen LogP) is 3.64. The van der Waals surface area contributed by atoms with Crippen molar-refractivity contribution in [1.82, 2.24) is 0 Å². The molecule has 0 aliphatic heterocycles. The van der Waals surface area contributed by atoms with Crippen molar-refractivity contribution in [2.45, 2.75) is 25.4 Å². The van der Waals surface area contributed by atoms with Gasteiger partial charge in [0.1, 0.15) is 0 Å². The Morgan fingerprint density at radius 3 is 2.76 bits per heavy atom. The summed E-state index contributed by atoms with van der Waals surface area (Å²) < 4.78 is 0.